The van der Waals surface area contributed by atoms with Crippen molar-refractivity contribution in [1.29, 1.82) is 0 Å². The first-order valence-electron chi connectivity index (χ1n) is 9.38. The SMILES string of the molecule is CC(O)C(O)C(N)COP(=O)(O)OCC1CC(F)C(n2ccc3c(=O)[nH]c(N)nc32)O1. The predicted molar refractivity (Wildman–Crippen MR) is 106 cm³/mol. The molecule has 7 atom stereocenters. The van der Waals surface area contributed by atoms with Gasteiger partial charge < -0.3 is 35.9 Å². The Bertz CT molecular complexity index is 1020. The second-order valence-corrected chi connectivity index (χ2v) is 8.72. The zero-order chi connectivity index (χ0) is 22.9. The molecule has 3 rings (SSSR count). The summed E-state index contributed by atoms with van der Waals surface area (Å²) < 4.78 is 43.0. The van der Waals surface area contributed by atoms with Crippen molar-refractivity contribution in [3.63, 3.8) is 0 Å². The molecule has 2 aromatic heterocycles. The molecule has 1 saturated heterocycles. The van der Waals surface area contributed by atoms with Gasteiger partial charge in [0.25, 0.3) is 5.56 Å². The van der Waals surface area contributed by atoms with E-state index in [4.69, 9.17) is 25.3 Å². The quantitative estimate of drug-likeness (QED) is 0.251. The van der Waals surface area contributed by atoms with Crippen LogP contribution in [0, 0.1) is 0 Å². The number of rotatable bonds is 9. The minimum absolute atomic E-state index is 0.136. The zero-order valence-corrected chi connectivity index (χ0v) is 17.4. The highest BCUT2D eigenvalue weighted by Gasteiger charge is 2.39. The summed E-state index contributed by atoms with van der Waals surface area (Å²) >= 11 is 0. The Labute approximate surface area is 175 Å². The molecule has 0 bridgehead atoms. The number of aliphatic hydroxyl groups excluding tert-OH is 2. The van der Waals surface area contributed by atoms with Crippen LogP contribution in [0.5, 0.6) is 0 Å². The second-order valence-electron chi connectivity index (χ2n) is 7.27. The van der Waals surface area contributed by atoms with E-state index in [0.29, 0.717) is 0 Å². The Hall–Kier alpha value is -1.90. The zero-order valence-electron chi connectivity index (χ0n) is 16.5. The van der Waals surface area contributed by atoms with Crippen molar-refractivity contribution in [2.24, 2.45) is 5.73 Å². The maximum atomic E-state index is 14.6. The van der Waals surface area contributed by atoms with Gasteiger partial charge in [0.1, 0.15) is 6.17 Å². The molecular formula is C16H25FN5O8P. The monoisotopic (exact) mass is 465 g/mol. The van der Waals surface area contributed by atoms with E-state index in [0.717, 1.165) is 0 Å². The number of halogens is 1. The number of hydrogen-bond donors (Lipinski definition) is 6. The molecule has 0 radical (unpaired) electrons. The molecule has 1 aliphatic heterocycles. The number of hydrogen-bond acceptors (Lipinski definition) is 10. The van der Waals surface area contributed by atoms with E-state index in [1.165, 1.54) is 23.8 Å². The number of H-pyrrole nitrogens is 1. The number of nitrogens with two attached hydrogens (primary N) is 2. The Kier molecular flexibility index (Phi) is 7.13. The molecule has 0 spiro atoms. The van der Waals surface area contributed by atoms with Crippen LogP contribution in [0.15, 0.2) is 17.1 Å². The van der Waals surface area contributed by atoms with Crippen LogP contribution in [0.2, 0.25) is 0 Å². The molecule has 1 fully saturated rings. The van der Waals surface area contributed by atoms with Gasteiger partial charge in [-0.2, -0.15) is 4.98 Å². The number of aromatic amines is 1. The third-order valence-electron chi connectivity index (χ3n) is 4.79. The van der Waals surface area contributed by atoms with Crippen LogP contribution in [-0.4, -0.2) is 73.4 Å². The number of ether oxygens (including phenoxy) is 1. The Morgan fingerprint density at radius 3 is 2.87 bits per heavy atom. The first kappa shape index (κ1) is 23.8. The third-order valence-corrected chi connectivity index (χ3v) is 5.74. The lowest BCUT2D eigenvalue weighted by Gasteiger charge is -2.22. The highest BCUT2D eigenvalue weighted by atomic mass is 31.2. The maximum Gasteiger partial charge on any atom is 0.472 e. The van der Waals surface area contributed by atoms with Crippen molar-refractivity contribution in [3.05, 3.63) is 22.6 Å². The smallest absolute Gasteiger partial charge is 0.391 e. The van der Waals surface area contributed by atoms with Crippen LogP contribution < -0.4 is 17.0 Å². The summed E-state index contributed by atoms with van der Waals surface area (Å²) in [6, 6.07) is 0.317. The lowest BCUT2D eigenvalue weighted by Crippen LogP contribution is -2.44. The highest BCUT2D eigenvalue weighted by molar-refractivity contribution is 7.47. The Balaban J connectivity index is 1.59. The van der Waals surface area contributed by atoms with E-state index in [1.807, 2.05) is 0 Å². The summed E-state index contributed by atoms with van der Waals surface area (Å²) in [4.78, 5) is 28.0. The van der Waals surface area contributed by atoms with Gasteiger partial charge in [0.2, 0.25) is 5.95 Å². The molecule has 2 aromatic rings. The van der Waals surface area contributed by atoms with Crippen LogP contribution >= 0.6 is 7.82 Å². The molecule has 8 N–H and O–H groups in total. The topological polar surface area (TPSA) is 208 Å². The molecule has 1 aliphatic rings. The average Bonchev–Trinajstić information content (AvgIpc) is 3.27. The van der Waals surface area contributed by atoms with E-state index in [9.17, 15) is 28.9 Å². The van der Waals surface area contributed by atoms with Crippen molar-refractivity contribution < 1.29 is 37.8 Å². The van der Waals surface area contributed by atoms with E-state index >= 15 is 0 Å². The Morgan fingerprint density at radius 1 is 1.48 bits per heavy atom. The standard InChI is InChI=1S/C16H25FN5O8P/c1-7(23)12(24)11(18)6-29-31(26,27)28-5-8-4-10(17)15(30-8)22-3-2-9-13(22)20-16(19)21-14(9)25/h2-3,7-8,10-12,15,23-24H,4-6,18H2,1H3,(H,26,27)(H3,19,20,21,25). The summed E-state index contributed by atoms with van der Waals surface area (Å²) in [5, 5.41) is 19.0. The van der Waals surface area contributed by atoms with E-state index in [1.54, 1.807) is 0 Å². The number of phosphoric acid groups is 1. The highest BCUT2D eigenvalue weighted by Crippen LogP contribution is 2.44. The number of nitrogens with one attached hydrogen (secondary N) is 1. The third kappa shape index (κ3) is 5.48. The lowest BCUT2D eigenvalue weighted by atomic mass is 10.1. The van der Waals surface area contributed by atoms with Crippen molar-refractivity contribution in [2.45, 2.75) is 50.1 Å². The fraction of sp³-hybridized carbons (Fsp3) is 0.625. The van der Waals surface area contributed by atoms with Gasteiger partial charge in [-0.05, 0) is 13.0 Å². The van der Waals surface area contributed by atoms with Crippen molar-refractivity contribution in [1.82, 2.24) is 14.5 Å². The summed E-state index contributed by atoms with van der Waals surface area (Å²) in [6.07, 6.45) is -4.79. The van der Waals surface area contributed by atoms with E-state index in [-0.39, 0.29) is 23.4 Å². The summed E-state index contributed by atoms with van der Waals surface area (Å²) in [7, 11) is -4.58. The summed E-state index contributed by atoms with van der Waals surface area (Å²) in [5.41, 5.74) is 10.8. The van der Waals surface area contributed by atoms with Crippen LogP contribution in [0.25, 0.3) is 11.0 Å². The molecule has 7 unspecified atom stereocenters. The van der Waals surface area contributed by atoms with Gasteiger partial charge in [0, 0.05) is 12.6 Å². The molecule has 31 heavy (non-hydrogen) atoms. The number of aliphatic hydroxyl groups is 2. The summed E-state index contributed by atoms with van der Waals surface area (Å²) in [6.45, 7) is 0.277. The van der Waals surface area contributed by atoms with Gasteiger partial charge in [-0.3, -0.25) is 18.8 Å². The Morgan fingerprint density at radius 2 is 2.19 bits per heavy atom. The van der Waals surface area contributed by atoms with Gasteiger partial charge >= 0.3 is 7.82 Å². The van der Waals surface area contributed by atoms with Crippen LogP contribution in [0.1, 0.15) is 19.6 Å². The van der Waals surface area contributed by atoms with Gasteiger partial charge in [0.05, 0.1) is 43.0 Å². The second kappa shape index (κ2) is 9.30. The van der Waals surface area contributed by atoms with Gasteiger partial charge in [-0.15, -0.1) is 0 Å². The fourth-order valence-corrected chi connectivity index (χ4v) is 3.96. The molecule has 0 aliphatic carbocycles. The van der Waals surface area contributed by atoms with Crippen LogP contribution in [0.4, 0.5) is 10.3 Å². The summed E-state index contributed by atoms with van der Waals surface area (Å²) in [5.74, 6) is -0.136. The number of phosphoric ester groups is 1. The van der Waals surface area contributed by atoms with Gasteiger partial charge in [-0.1, -0.05) is 0 Å². The first-order chi connectivity index (χ1) is 14.5. The first-order valence-corrected chi connectivity index (χ1v) is 10.9. The van der Waals surface area contributed by atoms with Crippen molar-refractivity contribution in [2.75, 3.05) is 18.9 Å². The minimum atomic E-state index is -4.58. The van der Waals surface area contributed by atoms with Crippen molar-refractivity contribution in [3.8, 4) is 0 Å². The van der Waals surface area contributed by atoms with E-state index in [2.05, 4.69) is 9.97 Å². The molecule has 13 nitrogen and oxygen atoms in total. The number of nitrogen functional groups attached to an aromatic ring is 1. The normalized spacial score (nSPS) is 26.6. The fourth-order valence-electron chi connectivity index (χ4n) is 3.17. The van der Waals surface area contributed by atoms with Gasteiger partial charge in [0.15, 0.2) is 11.9 Å². The average molecular weight is 465 g/mol. The van der Waals surface area contributed by atoms with Gasteiger partial charge in [-0.25, -0.2) is 8.96 Å². The number of alkyl halides is 1. The molecule has 0 saturated carbocycles. The molecule has 0 aromatic carbocycles. The molecule has 3 heterocycles. The van der Waals surface area contributed by atoms with E-state index < -0.39 is 63.3 Å². The van der Waals surface area contributed by atoms with Crippen LogP contribution in [0.3, 0.4) is 0 Å². The number of anilines is 1. The number of nitrogens with zero attached hydrogens (tertiary/aromatic N) is 2. The maximum absolute atomic E-state index is 14.6. The largest absolute Gasteiger partial charge is 0.472 e. The number of aromatic nitrogens is 3. The molecular weight excluding hydrogens is 440 g/mol. The van der Waals surface area contributed by atoms with Crippen LogP contribution in [-0.2, 0) is 18.3 Å². The minimum Gasteiger partial charge on any atom is -0.391 e. The predicted octanol–water partition coefficient (Wildman–Crippen LogP) is -0.865. The van der Waals surface area contributed by atoms with Crippen molar-refractivity contribution >= 4 is 24.8 Å². The molecule has 174 valence electrons. The molecule has 0 amide bonds. The molecule has 15 heteroatoms. The number of fused-ring (bicyclic) bond motifs is 1. The lowest BCUT2D eigenvalue weighted by molar-refractivity contribution is -0.0370.